The molecule has 0 radical (unpaired) electrons. The third-order valence-corrected chi connectivity index (χ3v) is 3.53. The van der Waals surface area contributed by atoms with Crippen LogP contribution in [0.1, 0.15) is 6.42 Å². The van der Waals surface area contributed by atoms with Crippen molar-refractivity contribution in [3.05, 3.63) is 27.7 Å². The molecule has 86 valence electrons. The lowest BCUT2D eigenvalue weighted by Gasteiger charge is -2.18. The zero-order chi connectivity index (χ0) is 11.7. The standard InChI is InChI=1S/C11H12BrClN2O/c12-8-1-2-10(9(13)4-8)15-6-7(5-14)3-11(15)16/h1-2,4,7H,3,5-6,14H2. The van der Waals surface area contributed by atoms with Gasteiger partial charge in [-0.25, -0.2) is 0 Å². The number of hydrogen-bond acceptors (Lipinski definition) is 2. The molecule has 0 aliphatic carbocycles. The van der Waals surface area contributed by atoms with Crippen LogP contribution in [-0.4, -0.2) is 19.0 Å². The number of rotatable bonds is 2. The van der Waals surface area contributed by atoms with Gasteiger partial charge in [-0.1, -0.05) is 27.5 Å². The number of amides is 1. The average molecular weight is 304 g/mol. The van der Waals surface area contributed by atoms with Crippen molar-refractivity contribution in [1.29, 1.82) is 0 Å². The summed E-state index contributed by atoms with van der Waals surface area (Å²) in [4.78, 5) is 13.5. The molecule has 0 saturated carbocycles. The number of nitrogens with two attached hydrogens (primary N) is 1. The van der Waals surface area contributed by atoms with Crippen LogP contribution < -0.4 is 10.6 Å². The van der Waals surface area contributed by atoms with Crippen LogP contribution in [0, 0.1) is 5.92 Å². The molecule has 0 bridgehead atoms. The van der Waals surface area contributed by atoms with Gasteiger partial charge in [0.2, 0.25) is 5.91 Å². The molecular formula is C11H12BrClN2O. The zero-order valence-corrected chi connectivity index (χ0v) is 11.0. The molecule has 1 aliphatic heterocycles. The molecule has 2 rings (SSSR count). The summed E-state index contributed by atoms with van der Waals surface area (Å²) < 4.78 is 0.906. The Balaban J connectivity index is 2.28. The number of carbonyl (C=O) groups excluding carboxylic acids is 1. The lowest BCUT2D eigenvalue weighted by Crippen LogP contribution is -2.25. The van der Waals surface area contributed by atoms with Crippen LogP contribution in [0.3, 0.4) is 0 Å². The van der Waals surface area contributed by atoms with Gasteiger partial charge in [-0.3, -0.25) is 4.79 Å². The number of anilines is 1. The van der Waals surface area contributed by atoms with E-state index in [4.69, 9.17) is 17.3 Å². The fraction of sp³-hybridized carbons (Fsp3) is 0.364. The van der Waals surface area contributed by atoms with Crippen molar-refractivity contribution in [2.45, 2.75) is 6.42 Å². The highest BCUT2D eigenvalue weighted by atomic mass is 79.9. The Kier molecular flexibility index (Phi) is 3.52. The highest BCUT2D eigenvalue weighted by molar-refractivity contribution is 9.10. The van der Waals surface area contributed by atoms with E-state index < -0.39 is 0 Å². The van der Waals surface area contributed by atoms with E-state index in [9.17, 15) is 4.79 Å². The van der Waals surface area contributed by atoms with Gasteiger partial charge in [-0.15, -0.1) is 0 Å². The monoisotopic (exact) mass is 302 g/mol. The maximum absolute atomic E-state index is 11.8. The van der Waals surface area contributed by atoms with Crippen molar-refractivity contribution >= 4 is 39.1 Å². The Morgan fingerprint density at radius 2 is 2.31 bits per heavy atom. The fourth-order valence-corrected chi connectivity index (χ4v) is 2.65. The summed E-state index contributed by atoms with van der Waals surface area (Å²) in [7, 11) is 0. The van der Waals surface area contributed by atoms with E-state index in [0.29, 0.717) is 24.5 Å². The highest BCUT2D eigenvalue weighted by Crippen LogP contribution is 2.32. The first-order valence-electron chi connectivity index (χ1n) is 5.07. The molecule has 1 unspecified atom stereocenters. The van der Waals surface area contributed by atoms with Gasteiger partial charge in [-0.05, 0) is 30.7 Å². The second-order valence-corrected chi connectivity index (χ2v) is 5.23. The second-order valence-electron chi connectivity index (χ2n) is 3.91. The average Bonchev–Trinajstić information content (AvgIpc) is 2.60. The van der Waals surface area contributed by atoms with E-state index in [1.807, 2.05) is 12.1 Å². The Morgan fingerprint density at radius 1 is 1.56 bits per heavy atom. The Morgan fingerprint density at radius 3 is 2.88 bits per heavy atom. The molecule has 0 aromatic heterocycles. The molecule has 1 amide bonds. The van der Waals surface area contributed by atoms with E-state index in [0.717, 1.165) is 10.2 Å². The molecule has 5 heteroatoms. The van der Waals surface area contributed by atoms with Crippen molar-refractivity contribution in [2.75, 3.05) is 18.0 Å². The first kappa shape index (κ1) is 11.9. The molecule has 1 aliphatic rings. The van der Waals surface area contributed by atoms with Crippen molar-refractivity contribution in [3.8, 4) is 0 Å². The predicted octanol–water partition coefficient (Wildman–Crippen LogP) is 2.41. The summed E-state index contributed by atoms with van der Waals surface area (Å²) in [5.74, 6) is 0.340. The lowest BCUT2D eigenvalue weighted by atomic mass is 10.1. The number of benzene rings is 1. The minimum Gasteiger partial charge on any atom is -0.330 e. The molecule has 3 nitrogen and oxygen atoms in total. The molecule has 1 fully saturated rings. The molecule has 1 aromatic rings. The van der Waals surface area contributed by atoms with Gasteiger partial charge in [0.1, 0.15) is 0 Å². The summed E-state index contributed by atoms with van der Waals surface area (Å²) in [5, 5.41) is 0.584. The molecule has 16 heavy (non-hydrogen) atoms. The van der Waals surface area contributed by atoms with E-state index in [2.05, 4.69) is 15.9 Å². The first-order valence-corrected chi connectivity index (χ1v) is 6.24. The summed E-state index contributed by atoms with van der Waals surface area (Å²) in [6.45, 7) is 1.20. The third kappa shape index (κ3) is 2.24. The van der Waals surface area contributed by atoms with Crippen molar-refractivity contribution in [2.24, 2.45) is 11.7 Å². The van der Waals surface area contributed by atoms with Gasteiger partial charge < -0.3 is 10.6 Å². The predicted molar refractivity (Wildman–Crippen MR) is 68.7 cm³/mol. The van der Waals surface area contributed by atoms with Crippen molar-refractivity contribution < 1.29 is 4.79 Å². The van der Waals surface area contributed by atoms with Crippen LogP contribution in [0.5, 0.6) is 0 Å². The van der Waals surface area contributed by atoms with E-state index >= 15 is 0 Å². The second kappa shape index (κ2) is 4.73. The van der Waals surface area contributed by atoms with Crippen LogP contribution in [0.4, 0.5) is 5.69 Å². The van der Waals surface area contributed by atoms with Gasteiger partial charge in [0.05, 0.1) is 10.7 Å². The summed E-state index contributed by atoms with van der Waals surface area (Å²) in [6, 6.07) is 5.52. The minimum absolute atomic E-state index is 0.0969. The third-order valence-electron chi connectivity index (χ3n) is 2.74. The molecule has 1 atom stereocenters. The van der Waals surface area contributed by atoms with E-state index in [1.165, 1.54) is 0 Å². The number of nitrogens with zero attached hydrogens (tertiary/aromatic N) is 1. The molecule has 0 spiro atoms. The summed E-state index contributed by atoms with van der Waals surface area (Å²) in [5.41, 5.74) is 6.35. The Hall–Kier alpha value is -0.580. The quantitative estimate of drug-likeness (QED) is 0.912. The maximum atomic E-state index is 11.8. The van der Waals surface area contributed by atoms with Gasteiger partial charge in [-0.2, -0.15) is 0 Å². The smallest absolute Gasteiger partial charge is 0.227 e. The van der Waals surface area contributed by atoms with Gasteiger partial charge in [0, 0.05) is 17.4 Å². The maximum Gasteiger partial charge on any atom is 0.227 e. The first-order chi connectivity index (χ1) is 7.61. The largest absolute Gasteiger partial charge is 0.330 e. The summed E-state index contributed by atoms with van der Waals surface area (Å²) in [6.07, 6.45) is 0.517. The van der Waals surface area contributed by atoms with Gasteiger partial charge >= 0.3 is 0 Å². The van der Waals surface area contributed by atoms with Crippen LogP contribution in [0.2, 0.25) is 5.02 Å². The SMILES string of the molecule is NCC1CC(=O)N(c2ccc(Br)cc2Cl)C1. The van der Waals surface area contributed by atoms with Gasteiger partial charge in [0.15, 0.2) is 0 Å². The van der Waals surface area contributed by atoms with E-state index in [-0.39, 0.29) is 11.8 Å². The summed E-state index contributed by atoms with van der Waals surface area (Å²) >= 11 is 9.45. The lowest BCUT2D eigenvalue weighted by molar-refractivity contribution is -0.117. The van der Waals surface area contributed by atoms with Crippen LogP contribution in [0.15, 0.2) is 22.7 Å². The molecule has 1 aromatic carbocycles. The minimum atomic E-state index is 0.0969. The topological polar surface area (TPSA) is 46.3 Å². The normalized spacial score (nSPS) is 20.6. The van der Waals surface area contributed by atoms with E-state index in [1.54, 1.807) is 11.0 Å². The fourth-order valence-electron chi connectivity index (χ4n) is 1.87. The number of hydrogen-bond donors (Lipinski definition) is 1. The Labute approximate surface area is 108 Å². The molecule has 1 saturated heterocycles. The van der Waals surface area contributed by atoms with Crippen LogP contribution in [0.25, 0.3) is 0 Å². The number of carbonyl (C=O) groups is 1. The van der Waals surface area contributed by atoms with Crippen LogP contribution >= 0.6 is 27.5 Å². The number of halogens is 2. The van der Waals surface area contributed by atoms with Crippen LogP contribution in [-0.2, 0) is 4.79 Å². The van der Waals surface area contributed by atoms with Crippen molar-refractivity contribution in [1.82, 2.24) is 0 Å². The molecule has 1 heterocycles. The molecule has 2 N–H and O–H groups in total. The Bertz CT molecular complexity index is 424. The highest BCUT2D eigenvalue weighted by Gasteiger charge is 2.30. The van der Waals surface area contributed by atoms with Gasteiger partial charge in [0.25, 0.3) is 0 Å². The zero-order valence-electron chi connectivity index (χ0n) is 8.62. The molecular weight excluding hydrogens is 291 g/mol. The van der Waals surface area contributed by atoms with Crippen molar-refractivity contribution in [3.63, 3.8) is 0 Å².